The summed E-state index contributed by atoms with van der Waals surface area (Å²) in [6.07, 6.45) is 1.84. The summed E-state index contributed by atoms with van der Waals surface area (Å²) < 4.78 is 11.5. The summed E-state index contributed by atoms with van der Waals surface area (Å²) in [5.41, 5.74) is -0.336. The van der Waals surface area contributed by atoms with Crippen LogP contribution in [0.25, 0.3) is 0 Å². The fraction of sp³-hybridized carbons (Fsp3) is 1.00. The van der Waals surface area contributed by atoms with Crippen LogP contribution in [-0.4, -0.2) is 61.7 Å². The first-order chi connectivity index (χ1) is 8.18. The second-order valence-electron chi connectivity index (χ2n) is 6.24. The van der Waals surface area contributed by atoms with Gasteiger partial charge in [0.1, 0.15) is 0 Å². The Bertz CT molecular complexity index is 215. The van der Waals surface area contributed by atoms with Crippen molar-refractivity contribution in [1.29, 1.82) is 0 Å². The molecule has 18 heavy (non-hydrogen) atoms. The molecule has 0 aromatic rings. The van der Waals surface area contributed by atoms with E-state index >= 15 is 0 Å². The van der Waals surface area contributed by atoms with Crippen molar-refractivity contribution in [2.75, 3.05) is 40.5 Å². The predicted octanol–water partition coefficient (Wildman–Crippen LogP) is 1.91. The molecule has 110 valence electrons. The minimum absolute atomic E-state index is 0.0681. The summed E-state index contributed by atoms with van der Waals surface area (Å²) in [5.74, 6) is 0. The van der Waals surface area contributed by atoms with Gasteiger partial charge in [-0.15, -0.1) is 0 Å². The lowest BCUT2D eigenvalue weighted by Crippen LogP contribution is -2.33. The molecule has 0 rings (SSSR count). The van der Waals surface area contributed by atoms with E-state index in [0.29, 0.717) is 13.2 Å². The van der Waals surface area contributed by atoms with Gasteiger partial charge in [-0.2, -0.15) is 0 Å². The maximum atomic E-state index is 8.75. The second kappa shape index (κ2) is 8.10. The Hall–Kier alpha value is -0.160. The van der Waals surface area contributed by atoms with Crippen molar-refractivity contribution >= 4 is 0 Å². The van der Waals surface area contributed by atoms with Gasteiger partial charge in [-0.25, -0.2) is 0 Å². The fourth-order valence-electron chi connectivity index (χ4n) is 1.53. The standard InChI is InChI=1S/C14H31NO3/c1-13(2,7-9-15(5)6)17-11-8-14(3,4)18-12-10-16/h16H,7-12H2,1-6H3. The van der Waals surface area contributed by atoms with Crippen LogP contribution in [-0.2, 0) is 9.47 Å². The average Bonchev–Trinajstić information content (AvgIpc) is 2.23. The van der Waals surface area contributed by atoms with Crippen molar-refractivity contribution in [3.05, 3.63) is 0 Å². The summed E-state index contributed by atoms with van der Waals surface area (Å²) in [4.78, 5) is 2.17. The predicted molar refractivity (Wildman–Crippen MR) is 74.9 cm³/mol. The monoisotopic (exact) mass is 261 g/mol. The van der Waals surface area contributed by atoms with Crippen LogP contribution in [0.15, 0.2) is 0 Å². The Balaban J connectivity index is 3.86. The van der Waals surface area contributed by atoms with Crippen LogP contribution in [0.1, 0.15) is 40.5 Å². The van der Waals surface area contributed by atoms with Crippen LogP contribution in [0.4, 0.5) is 0 Å². The summed E-state index contributed by atoms with van der Waals surface area (Å²) in [7, 11) is 4.14. The molecule has 0 aliphatic carbocycles. The number of nitrogens with zero attached hydrogens (tertiary/aromatic N) is 1. The lowest BCUT2D eigenvalue weighted by atomic mass is 10.0. The first-order valence-corrected chi connectivity index (χ1v) is 6.72. The van der Waals surface area contributed by atoms with E-state index in [4.69, 9.17) is 14.6 Å². The molecule has 0 unspecified atom stereocenters. The van der Waals surface area contributed by atoms with Crippen molar-refractivity contribution < 1.29 is 14.6 Å². The molecule has 4 nitrogen and oxygen atoms in total. The third-order valence-electron chi connectivity index (χ3n) is 2.94. The molecule has 1 N–H and O–H groups in total. The van der Waals surface area contributed by atoms with Crippen LogP contribution in [0.2, 0.25) is 0 Å². The minimum atomic E-state index is -0.236. The Kier molecular flexibility index (Phi) is 8.03. The maximum Gasteiger partial charge on any atom is 0.0705 e. The van der Waals surface area contributed by atoms with E-state index in [9.17, 15) is 0 Å². The normalized spacial score (nSPS) is 13.3. The molecule has 4 heteroatoms. The molecule has 0 saturated carbocycles. The van der Waals surface area contributed by atoms with Gasteiger partial charge >= 0.3 is 0 Å². The highest BCUT2D eigenvalue weighted by Gasteiger charge is 2.22. The van der Waals surface area contributed by atoms with Crippen molar-refractivity contribution in [3.63, 3.8) is 0 Å². The van der Waals surface area contributed by atoms with Crippen LogP contribution >= 0.6 is 0 Å². The second-order valence-corrected chi connectivity index (χ2v) is 6.24. The number of aliphatic hydroxyl groups is 1. The van der Waals surface area contributed by atoms with E-state index < -0.39 is 0 Å². The largest absolute Gasteiger partial charge is 0.394 e. The molecule has 0 aliphatic heterocycles. The van der Waals surface area contributed by atoms with Crippen LogP contribution in [0, 0.1) is 0 Å². The van der Waals surface area contributed by atoms with Crippen molar-refractivity contribution in [2.45, 2.75) is 51.7 Å². The molecule has 0 amide bonds. The Labute approximate surface area is 112 Å². The van der Waals surface area contributed by atoms with E-state index in [0.717, 1.165) is 19.4 Å². The van der Waals surface area contributed by atoms with Gasteiger partial charge in [0.15, 0.2) is 0 Å². The minimum Gasteiger partial charge on any atom is -0.394 e. The molecule has 0 atom stereocenters. The van der Waals surface area contributed by atoms with Gasteiger partial charge in [-0.3, -0.25) is 0 Å². The lowest BCUT2D eigenvalue weighted by molar-refractivity contribution is -0.0809. The fourth-order valence-corrected chi connectivity index (χ4v) is 1.53. The number of rotatable bonds is 10. The maximum absolute atomic E-state index is 8.75. The molecule has 0 bridgehead atoms. The average molecular weight is 261 g/mol. The third-order valence-corrected chi connectivity index (χ3v) is 2.94. The molecule has 0 saturated heterocycles. The molecule has 0 aliphatic rings. The number of aliphatic hydroxyl groups excluding tert-OH is 1. The summed E-state index contributed by atoms with van der Waals surface area (Å²) in [6, 6.07) is 0. The van der Waals surface area contributed by atoms with Crippen LogP contribution in [0.3, 0.4) is 0 Å². The molecule has 0 spiro atoms. The molecule has 0 aromatic heterocycles. The van der Waals surface area contributed by atoms with Gasteiger partial charge in [0.05, 0.1) is 31.0 Å². The zero-order valence-corrected chi connectivity index (χ0v) is 13.0. The van der Waals surface area contributed by atoms with Crippen molar-refractivity contribution in [1.82, 2.24) is 4.90 Å². The highest BCUT2D eigenvalue weighted by molar-refractivity contribution is 4.73. The summed E-state index contributed by atoms with van der Waals surface area (Å²) in [6.45, 7) is 10.5. The van der Waals surface area contributed by atoms with Crippen LogP contribution < -0.4 is 0 Å². The number of hydrogen-bond acceptors (Lipinski definition) is 4. The SMILES string of the molecule is CN(C)CCC(C)(C)OCCC(C)(C)OCCO. The van der Waals surface area contributed by atoms with E-state index in [1.165, 1.54) is 0 Å². The summed E-state index contributed by atoms with van der Waals surface area (Å²) >= 11 is 0. The van der Waals surface area contributed by atoms with Gasteiger partial charge in [-0.05, 0) is 54.6 Å². The zero-order chi connectivity index (χ0) is 14.2. The highest BCUT2D eigenvalue weighted by atomic mass is 16.5. The van der Waals surface area contributed by atoms with Gasteiger partial charge < -0.3 is 19.5 Å². The Morgan fingerprint density at radius 2 is 1.39 bits per heavy atom. The van der Waals surface area contributed by atoms with E-state index in [1.807, 2.05) is 13.8 Å². The van der Waals surface area contributed by atoms with E-state index in [-0.39, 0.29) is 17.8 Å². The summed E-state index contributed by atoms with van der Waals surface area (Å²) in [5, 5.41) is 8.75. The first kappa shape index (κ1) is 17.8. The molecule has 0 aromatic carbocycles. The number of hydrogen-bond donors (Lipinski definition) is 1. The topological polar surface area (TPSA) is 41.9 Å². The zero-order valence-electron chi connectivity index (χ0n) is 13.0. The quantitative estimate of drug-likeness (QED) is 0.652. The Morgan fingerprint density at radius 1 is 0.889 bits per heavy atom. The smallest absolute Gasteiger partial charge is 0.0705 e. The number of ether oxygens (including phenoxy) is 2. The van der Waals surface area contributed by atoms with Gasteiger partial charge in [0, 0.05) is 6.54 Å². The molecule has 0 heterocycles. The van der Waals surface area contributed by atoms with Gasteiger partial charge in [-0.1, -0.05) is 0 Å². The first-order valence-electron chi connectivity index (χ1n) is 6.72. The van der Waals surface area contributed by atoms with E-state index in [2.05, 4.69) is 32.8 Å². The molecule has 0 radical (unpaired) electrons. The van der Waals surface area contributed by atoms with Crippen molar-refractivity contribution in [2.24, 2.45) is 0 Å². The molecule has 0 fully saturated rings. The van der Waals surface area contributed by atoms with Gasteiger partial charge in [0.25, 0.3) is 0 Å². The third kappa shape index (κ3) is 9.83. The highest BCUT2D eigenvalue weighted by Crippen LogP contribution is 2.19. The van der Waals surface area contributed by atoms with Gasteiger partial charge in [0.2, 0.25) is 0 Å². The lowest BCUT2D eigenvalue weighted by Gasteiger charge is -2.30. The molecular formula is C14H31NO3. The van der Waals surface area contributed by atoms with E-state index in [1.54, 1.807) is 0 Å². The van der Waals surface area contributed by atoms with Crippen LogP contribution in [0.5, 0.6) is 0 Å². The Morgan fingerprint density at radius 3 is 1.89 bits per heavy atom. The molecular weight excluding hydrogens is 230 g/mol. The van der Waals surface area contributed by atoms with Crippen molar-refractivity contribution in [3.8, 4) is 0 Å².